The van der Waals surface area contributed by atoms with Crippen molar-refractivity contribution in [2.45, 2.75) is 19.3 Å². The van der Waals surface area contributed by atoms with E-state index in [1.165, 1.54) is 24.3 Å². The van der Waals surface area contributed by atoms with E-state index in [4.69, 9.17) is 4.74 Å². The predicted octanol–water partition coefficient (Wildman–Crippen LogP) is 2.47. The Morgan fingerprint density at radius 1 is 0.969 bits per heavy atom. The largest absolute Gasteiger partial charge is 0.455 e. The lowest BCUT2D eigenvalue weighted by Crippen LogP contribution is -2.43. The second-order valence-corrected chi connectivity index (χ2v) is 7.29. The first kappa shape index (κ1) is 24.5. The van der Waals surface area contributed by atoms with Gasteiger partial charge in [-0.25, -0.2) is 0 Å². The van der Waals surface area contributed by atoms with E-state index in [0.717, 1.165) is 4.47 Å². The van der Waals surface area contributed by atoms with Gasteiger partial charge in [-0.05, 0) is 36.8 Å². The first-order valence-corrected chi connectivity index (χ1v) is 10.1. The fourth-order valence-electron chi connectivity index (χ4n) is 2.37. The number of rotatable bonds is 9. The van der Waals surface area contributed by atoms with Crippen LogP contribution in [-0.2, 0) is 19.1 Å². The number of carbonyl (C=O) groups is 4. The van der Waals surface area contributed by atoms with Crippen molar-refractivity contribution in [3.8, 4) is 0 Å². The van der Waals surface area contributed by atoms with Gasteiger partial charge < -0.3 is 10.1 Å². The Labute approximate surface area is 190 Å². The summed E-state index contributed by atoms with van der Waals surface area (Å²) < 4.78 is 5.58. The number of benzene rings is 2. The third kappa shape index (κ3) is 8.52. The summed E-state index contributed by atoms with van der Waals surface area (Å²) in [7, 11) is 0. The van der Waals surface area contributed by atoms with Gasteiger partial charge in [0.15, 0.2) is 6.61 Å². The lowest BCUT2D eigenvalue weighted by Gasteiger charge is -2.08. The summed E-state index contributed by atoms with van der Waals surface area (Å²) in [6.07, 6.45) is 0.0235. The second-order valence-electron chi connectivity index (χ2n) is 6.38. The smallest absolute Gasteiger partial charge is 0.306 e. The molecule has 0 fully saturated rings. The number of anilines is 1. The summed E-state index contributed by atoms with van der Waals surface area (Å²) in [4.78, 5) is 57.3. The van der Waals surface area contributed by atoms with E-state index in [9.17, 15) is 29.3 Å². The van der Waals surface area contributed by atoms with E-state index in [0.29, 0.717) is 5.56 Å². The molecule has 2 rings (SSSR count). The normalized spacial score (nSPS) is 10.0. The summed E-state index contributed by atoms with van der Waals surface area (Å²) in [6, 6.07) is 11.9. The SMILES string of the molecule is O=C(COC(=O)CCCC(=O)Nc1cccc([N+](=O)[O-])c1)NNC(=O)c1ccc(Br)cc1. The van der Waals surface area contributed by atoms with Gasteiger partial charge in [-0.15, -0.1) is 0 Å². The van der Waals surface area contributed by atoms with Crippen LogP contribution in [0.1, 0.15) is 29.6 Å². The molecule has 0 radical (unpaired) electrons. The van der Waals surface area contributed by atoms with Crippen LogP contribution in [0.15, 0.2) is 53.0 Å². The molecule has 0 saturated carbocycles. The van der Waals surface area contributed by atoms with Gasteiger partial charge >= 0.3 is 5.97 Å². The zero-order valence-electron chi connectivity index (χ0n) is 16.6. The zero-order valence-corrected chi connectivity index (χ0v) is 18.2. The third-order valence-electron chi connectivity index (χ3n) is 3.91. The number of ether oxygens (including phenoxy) is 1. The molecule has 0 saturated heterocycles. The summed E-state index contributed by atoms with van der Waals surface area (Å²) in [5.41, 5.74) is 4.76. The highest BCUT2D eigenvalue weighted by atomic mass is 79.9. The Kier molecular flexibility index (Phi) is 9.29. The number of nitro benzene ring substituents is 1. The zero-order chi connectivity index (χ0) is 23.5. The number of hydrogen-bond donors (Lipinski definition) is 3. The number of non-ortho nitro benzene ring substituents is 1. The van der Waals surface area contributed by atoms with E-state index in [1.807, 2.05) is 0 Å². The number of nitro groups is 1. The van der Waals surface area contributed by atoms with Crippen molar-refractivity contribution in [3.05, 3.63) is 68.7 Å². The number of halogens is 1. The second kappa shape index (κ2) is 12.2. The molecule has 2 aromatic carbocycles. The number of amides is 3. The minimum Gasteiger partial charge on any atom is -0.455 e. The maximum Gasteiger partial charge on any atom is 0.306 e. The van der Waals surface area contributed by atoms with Gasteiger partial charge in [0.25, 0.3) is 17.5 Å². The Bertz CT molecular complexity index is 1010. The van der Waals surface area contributed by atoms with Crippen LogP contribution in [-0.4, -0.2) is 35.2 Å². The van der Waals surface area contributed by atoms with Gasteiger partial charge in [0.1, 0.15) is 0 Å². The van der Waals surface area contributed by atoms with Gasteiger partial charge in [-0.1, -0.05) is 22.0 Å². The molecule has 0 atom stereocenters. The fourth-order valence-corrected chi connectivity index (χ4v) is 2.63. The van der Waals surface area contributed by atoms with Crippen LogP contribution in [0.25, 0.3) is 0 Å². The Hall–Kier alpha value is -3.80. The molecule has 0 aliphatic heterocycles. The number of carbonyl (C=O) groups excluding carboxylic acids is 4. The first-order valence-electron chi connectivity index (χ1n) is 9.29. The van der Waals surface area contributed by atoms with Gasteiger partial charge in [0.05, 0.1) is 4.92 Å². The Morgan fingerprint density at radius 2 is 1.69 bits per heavy atom. The van der Waals surface area contributed by atoms with Crippen molar-refractivity contribution >= 4 is 51.0 Å². The van der Waals surface area contributed by atoms with Crippen molar-refractivity contribution < 1.29 is 28.8 Å². The number of esters is 1. The molecule has 11 nitrogen and oxygen atoms in total. The lowest BCUT2D eigenvalue weighted by atomic mass is 10.2. The summed E-state index contributed by atoms with van der Waals surface area (Å²) in [5, 5.41) is 13.2. The summed E-state index contributed by atoms with van der Waals surface area (Å²) in [5.74, 6) is -2.38. The van der Waals surface area contributed by atoms with E-state index in [-0.39, 0.29) is 30.6 Å². The maximum atomic E-state index is 11.9. The molecule has 168 valence electrons. The molecule has 12 heteroatoms. The van der Waals surface area contributed by atoms with Crippen molar-refractivity contribution in [2.75, 3.05) is 11.9 Å². The molecule has 3 amide bonds. The number of hydrazine groups is 1. The van der Waals surface area contributed by atoms with Crippen molar-refractivity contribution in [2.24, 2.45) is 0 Å². The van der Waals surface area contributed by atoms with Gasteiger partial charge in [0.2, 0.25) is 5.91 Å². The molecule has 0 unspecified atom stereocenters. The van der Waals surface area contributed by atoms with Crippen molar-refractivity contribution in [1.82, 2.24) is 10.9 Å². The topological polar surface area (TPSA) is 157 Å². The summed E-state index contributed by atoms with van der Waals surface area (Å²) in [6.45, 7) is -0.598. The van der Waals surface area contributed by atoms with Crippen LogP contribution in [0.5, 0.6) is 0 Å². The van der Waals surface area contributed by atoms with E-state index < -0.39 is 35.2 Å². The standard InChI is InChI=1S/C20H19BrN4O7/c21-14-9-7-13(8-10-14)20(29)24-23-18(27)12-32-19(28)6-2-5-17(26)22-15-3-1-4-16(11-15)25(30)31/h1,3-4,7-11H,2,5-6,12H2,(H,22,26)(H,23,27)(H,24,29). The lowest BCUT2D eigenvalue weighted by molar-refractivity contribution is -0.384. The molecule has 0 aromatic heterocycles. The van der Waals surface area contributed by atoms with E-state index >= 15 is 0 Å². The maximum absolute atomic E-state index is 11.9. The predicted molar refractivity (Wildman–Crippen MR) is 116 cm³/mol. The van der Waals surface area contributed by atoms with Crippen LogP contribution < -0.4 is 16.2 Å². The van der Waals surface area contributed by atoms with Crippen LogP contribution >= 0.6 is 15.9 Å². The highest BCUT2D eigenvalue weighted by Gasteiger charge is 2.12. The molecule has 0 aliphatic rings. The molecule has 32 heavy (non-hydrogen) atoms. The third-order valence-corrected chi connectivity index (χ3v) is 4.44. The minimum absolute atomic E-state index is 0.0206. The number of hydrogen-bond acceptors (Lipinski definition) is 7. The van der Waals surface area contributed by atoms with Crippen LogP contribution in [0.3, 0.4) is 0 Å². The molecule has 3 N–H and O–H groups in total. The molecule has 2 aromatic rings. The molecular formula is C20H19BrN4O7. The van der Waals surface area contributed by atoms with E-state index in [2.05, 4.69) is 32.1 Å². The molecule has 0 heterocycles. The highest BCUT2D eigenvalue weighted by molar-refractivity contribution is 9.10. The quantitative estimate of drug-likeness (QED) is 0.267. The van der Waals surface area contributed by atoms with Crippen molar-refractivity contribution in [1.29, 1.82) is 0 Å². The minimum atomic E-state index is -0.729. The molecule has 0 spiro atoms. The Balaban J connectivity index is 1.62. The summed E-state index contributed by atoms with van der Waals surface area (Å²) >= 11 is 3.24. The first-order chi connectivity index (χ1) is 15.2. The fraction of sp³-hybridized carbons (Fsp3) is 0.200. The van der Waals surface area contributed by atoms with E-state index in [1.54, 1.807) is 24.3 Å². The molecule has 0 aliphatic carbocycles. The average Bonchev–Trinajstić information content (AvgIpc) is 2.76. The number of nitrogens with zero attached hydrogens (tertiary/aromatic N) is 1. The van der Waals surface area contributed by atoms with Gasteiger partial charge in [-0.2, -0.15) is 0 Å². The Morgan fingerprint density at radius 3 is 2.38 bits per heavy atom. The number of nitrogens with one attached hydrogen (secondary N) is 3. The van der Waals surface area contributed by atoms with Crippen LogP contribution in [0.4, 0.5) is 11.4 Å². The van der Waals surface area contributed by atoms with Crippen LogP contribution in [0.2, 0.25) is 0 Å². The highest BCUT2D eigenvalue weighted by Crippen LogP contribution is 2.17. The van der Waals surface area contributed by atoms with Gasteiger partial charge in [-0.3, -0.25) is 40.1 Å². The van der Waals surface area contributed by atoms with Gasteiger partial charge in [0, 0.05) is 40.7 Å². The van der Waals surface area contributed by atoms with Crippen LogP contribution in [0, 0.1) is 10.1 Å². The monoisotopic (exact) mass is 506 g/mol. The molecular weight excluding hydrogens is 488 g/mol. The van der Waals surface area contributed by atoms with Crippen molar-refractivity contribution in [3.63, 3.8) is 0 Å². The average molecular weight is 507 g/mol. The molecule has 0 bridgehead atoms.